The maximum atomic E-state index is 12.1. The average Bonchev–Trinajstić information content (AvgIpc) is 2.47. The minimum atomic E-state index is -0.107. The molecule has 0 spiro atoms. The number of hydrogen-bond acceptors (Lipinski definition) is 3. The lowest BCUT2D eigenvalue weighted by Crippen LogP contribution is -2.43. The molecule has 1 aliphatic heterocycles. The molecule has 5 heteroatoms. The highest BCUT2D eigenvalue weighted by atomic mass is 35.5. The Labute approximate surface area is 131 Å². The van der Waals surface area contributed by atoms with Crippen LogP contribution in [0.1, 0.15) is 31.4 Å². The minimum Gasteiger partial charge on any atom is -0.396 e. The Morgan fingerprint density at radius 1 is 1.52 bits per heavy atom. The molecule has 0 saturated carbocycles. The molecule has 0 aromatic heterocycles. The summed E-state index contributed by atoms with van der Waals surface area (Å²) in [6.07, 6.45) is 2.09. The fourth-order valence-electron chi connectivity index (χ4n) is 2.84. The van der Waals surface area contributed by atoms with E-state index < -0.39 is 0 Å². The number of aliphatic hydroxyl groups excluding tert-OH is 1. The van der Waals surface area contributed by atoms with Crippen LogP contribution >= 0.6 is 11.6 Å². The Morgan fingerprint density at radius 2 is 2.29 bits per heavy atom. The topological polar surface area (TPSA) is 52.6 Å². The number of carbonyl (C=O) groups is 1. The Kier molecular flexibility index (Phi) is 6.03. The number of carbonyl (C=O) groups excluding carboxylic acids is 1. The van der Waals surface area contributed by atoms with Crippen molar-refractivity contribution in [2.75, 3.05) is 26.2 Å². The van der Waals surface area contributed by atoms with Gasteiger partial charge in [-0.2, -0.15) is 0 Å². The van der Waals surface area contributed by atoms with Gasteiger partial charge in [0.25, 0.3) is 0 Å². The van der Waals surface area contributed by atoms with Gasteiger partial charge in [-0.15, -0.1) is 0 Å². The molecule has 1 aromatic carbocycles. The van der Waals surface area contributed by atoms with E-state index in [0.717, 1.165) is 31.5 Å². The maximum Gasteiger partial charge on any atom is 0.234 e. The van der Waals surface area contributed by atoms with Crippen LogP contribution in [-0.2, 0) is 4.79 Å². The molecule has 1 aromatic rings. The van der Waals surface area contributed by atoms with Crippen LogP contribution in [-0.4, -0.2) is 42.2 Å². The second kappa shape index (κ2) is 7.78. The van der Waals surface area contributed by atoms with Gasteiger partial charge in [-0.1, -0.05) is 29.8 Å². The minimum absolute atomic E-state index is 0.000935. The summed E-state index contributed by atoms with van der Waals surface area (Å²) in [6.45, 7) is 4.24. The zero-order valence-corrected chi connectivity index (χ0v) is 13.1. The van der Waals surface area contributed by atoms with Crippen molar-refractivity contribution in [3.8, 4) is 0 Å². The summed E-state index contributed by atoms with van der Waals surface area (Å²) in [6, 6.07) is 7.44. The summed E-state index contributed by atoms with van der Waals surface area (Å²) < 4.78 is 0. The number of hydrogen-bond donors (Lipinski definition) is 2. The van der Waals surface area contributed by atoms with Crippen LogP contribution in [0.3, 0.4) is 0 Å². The van der Waals surface area contributed by atoms with E-state index in [4.69, 9.17) is 11.6 Å². The summed E-state index contributed by atoms with van der Waals surface area (Å²) in [5.74, 6) is 0.300. The second-order valence-corrected chi connectivity index (χ2v) is 6.14. The fourth-order valence-corrected chi connectivity index (χ4v) is 3.14. The number of aliphatic hydroxyl groups is 1. The van der Waals surface area contributed by atoms with E-state index in [9.17, 15) is 9.90 Å². The van der Waals surface area contributed by atoms with Crippen molar-refractivity contribution in [3.05, 3.63) is 34.9 Å². The highest BCUT2D eigenvalue weighted by molar-refractivity contribution is 6.31. The molecule has 0 aliphatic carbocycles. The standard InChI is InChI=1S/C16H23ClN2O2/c1-12(14-6-2-3-7-15(14)17)18-16(21)10-19-8-4-5-13(9-19)11-20/h2-3,6-7,12-13,20H,4-5,8-11H2,1H3,(H,18,21). The molecule has 2 unspecified atom stereocenters. The smallest absolute Gasteiger partial charge is 0.234 e. The number of amides is 1. The summed E-state index contributed by atoms with van der Waals surface area (Å²) in [7, 11) is 0. The van der Waals surface area contributed by atoms with E-state index >= 15 is 0 Å². The largest absolute Gasteiger partial charge is 0.396 e. The van der Waals surface area contributed by atoms with Gasteiger partial charge in [-0.3, -0.25) is 9.69 Å². The van der Waals surface area contributed by atoms with E-state index in [1.807, 2.05) is 31.2 Å². The van der Waals surface area contributed by atoms with Crippen molar-refractivity contribution in [2.45, 2.75) is 25.8 Å². The first kappa shape index (κ1) is 16.3. The number of rotatable bonds is 5. The van der Waals surface area contributed by atoms with Gasteiger partial charge in [-0.05, 0) is 43.9 Å². The van der Waals surface area contributed by atoms with Crippen LogP contribution in [0.4, 0.5) is 0 Å². The number of halogens is 1. The van der Waals surface area contributed by atoms with E-state index in [-0.39, 0.29) is 18.6 Å². The number of piperidine rings is 1. The third-order valence-electron chi connectivity index (χ3n) is 3.98. The van der Waals surface area contributed by atoms with Crippen molar-refractivity contribution >= 4 is 17.5 Å². The zero-order chi connectivity index (χ0) is 15.2. The first-order valence-electron chi connectivity index (χ1n) is 7.47. The number of nitrogens with one attached hydrogen (secondary N) is 1. The molecule has 0 radical (unpaired) electrons. The molecule has 1 aliphatic rings. The molecule has 2 rings (SSSR count). The van der Waals surface area contributed by atoms with Gasteiger partial charge >= 0.3 is 0 Å². The van der Waals surface area contributed by atoms with Crippen LogP contribution in [0.25, 0.3) is 0 Å². The molecule has 1 amide bonds. The molecular formula is C16H23ClN2O2. The fraction of sp³-hybridized carbons (Fsp3) is 0.562. The summed E-state index contributed by atoms with van der Waals surface area (Å²) in [4.78, 5) is 14.3. The van der Waals surface area contributed by atoms with Gasteiger partial charge in [-0.25, -0.2) is 0 Å². The first-order valence-corrected chi connectivity index (χ1v) is 7.85. The lowest BCUT2D eigenvalue weighted by atomic mass is 9.99. The lowest BCUT2D eigenvalue weighted by Gasteiger charge is -2.31. The molecule has 4 nitrogen and oxygen atoms in total. The van der Waals surface area contributed by atoms with Crippen molar-refractivity contribution in [2.24, 2.45) is 5.92 Å². The van der Waals surface area contributed by atoms with Gasteiger partial charge in [0.05, 0.1) is 12.6 Å². The second-order valence-electron chi connectivity index (χ2n) is 5.74. The van der Waals surface area contributed by atoms with Gasteiger partial charge < -0.3 is 10.4 Å². The Hall–Kier alpha value is -1.10. The maximum absolute atomic E-state index is 12.1. The molecule has 21 heavy (non-hydrogen) atoms. The molecule has 116 valence electrons. The zero-order valence-electron chi connectivity index (χ0n) is 12.4. The summed E-state index contributed by atoms with van der Waals surface area (Å²) >= 11 is 6.14. The van der Waals surface area contributed by atoms with Crippen LogP contribution < -0.4 is 5.32 Å². The molecule has 1 heterocycles. The van der Waals surface area contributed by atoms with Crippen molar-refractivity contribution in [1.29, 1.82) is 0 Å². The number of nitrogens with zero attached hydrogens (tertiary/aromatic N) is 1. The molecule has 1 saturated heterocycles. The molecule has 2 atom stereocenters. The Morgan fingerprint density at radius 3 is 3.00 bits per heavy atom. The van der Waals surface area contributed by atoms with Crippen molar-refractivity contribution < 1.29 is 9.90 Å². The Balaban J connectivity index is 1.85. The van der Waals surface area contributed by atoms with Crippen LogP contribution in [0.2, 0.25) is 5.02 Å². The first-order chi connectivity index (χ1) is 10.1. The average molecular weight is 311 g/mol. The number of benzene rings is 1. The van der Waals surface area contributed by atoms with Crippen LogP contribution in [0.5, 0.6) is 0 Å². The third kappa shape index (κ3) is 4.70. The predicted octanol–water partition coefficient (Wildman–Crippen LogP) is 2.22. The highest BCUT2D eigenvalue weighted by Crippen LogP contribution is 2.22. The Bertz CT molecular complexity index is 481. The van der Waals surface area contributed by atoms with Crippen LogP contribution in [0, 0.1) is 5.92 Å². The molecule has 0 bridgehead atoms. The molecule has 2 N–H and O–H groups in total. The predicted molar refractivity (Wildman–Crippen MR) is 84.3 cm³/mol. The van der Waals surface area contributed by atoms with Crippen molar-refractivity contribution in [1.82, 2.24) is 10.2 Å². The highest BCUT2D eigenvalue weighted by Gasteiger charge is 2.21. The number of likely N-dealkylation sites (tertiary alicyclic amines) is 1. The van der Waals surface area contributed by atoms with E-state index in [0.29, 0.717) is 17.5 Å². The van der Waals surface area contributed by atoms with Gasteiger partial charge in [0.1, 0.15) is 0 Å². The normalized spacial score (nSPS) is 21.0. The summed E-state index contributed by atoms with van der Waals surface area (Å²) in [5, 5.41) is 12.9. The van der Waals surface area contributed by atoms with Gasteiger partial charge in [0, 0.05) is 18.2 Å². The van der Waals surface area contributed by atoms with Gasteiger partial charge in [0.15, 0.2) is 0 Å². The van der Waals surface area contributed by atoms with Gasteiger partial charge in [0.2, 0.25) is 5.91 Å². The van der Waals surface area contributed by atoms with Crippen LogP contribution in [0.15, 0.2) is 24.3 Å². The van der Waals surface area contributed by atoms with E-state index in [2.05, 4.69) is 10.2 Å². The monoisotopic (exact) mass is 310 g/mol. The van der Waals surface area contributed by atoms with E-state index in [1.54, 1.807) is 0 Å². The lowest BCUT2D eigenvalue weighted by molar-refractivity contribution is -0.123. The molecular weight excluding hydrogens is 288 g/mol. The molecule has 1 fully saturated rings. The SMILES string of the molecule is CC(NC(=O)CN1CCCC(CO)C1)c1ccccc1Cl. The summed E-state index contributed by atoms with van der Waals surface area (Å²) in [5.41, 5.74) is 0.930. The third-order valence-corrected chi connectivity index (χ3v) is 4.32. The van der Waals surface area contributed by atoms with Crippen molar-refractivity contribution in [3.63, 3.8) is 0 Å². The quantitative estimate of drug-likeness (QED) is 0.877. The van der Waals surface area contributed by atoms with E-state index in [1.165, 1.54) is 0 Å².